The summed E-state index contributed by atoms with van der Waals surface area (Å²) >= 11 is 6.05. The first-order valence-electron chi connectivity index (χ1n) is 10.9. The highest BCUT2D eigenvalue weighted by molar-refractivity contribution is 6.31. The molecule has 0 bridgehead atoms. The van der Waals surface area contributed by atoms with Gasteiger partial charge in [0.15, 0.2) is 0 Å². The number of pyridine rings is 2. The van der Waals surface area contributed by atoms with Gasteiger partial charge in [-0.25, -0.2) is 9.97 Å². The summed E-state index contributed by atoms with van der Waals surface area (Å²) in [7, 11) is 0. The molecule has 33 heavy (non-hydrogen) atoms. The van der Waals surface area contributed by atoms with E-state index in [-0.39, 0.29) is 6.10 Å². The molecule has 1 aromatic carbocycles. The lowest BCUT2D eigenvalue weighted by Gasteiger charge is -2.33. The van der Waals surface area contributed by atoms with Crippen molar-refractivity contribution in [2.75, 3.05) is 0 Å². The number of nitrogens with zero attached hydrogens (tertiary/aromatic N) is 3. The van der Waals surface area contributed by atoms with Gasteiger partial charge in [0, 0.05) is 34.6 Å². The van der Waals surface area contributed by atoms with E-state index in [1.54, 1.807) is 19.3 Å². The molecule has 1 aliphatic rings. The topological polar surface area (TPSA) is 101 Å². The van der Waals surface area contributed by atoms with Crippen LogP contribution in [0.15, 0.2) is 54.9 Å². The average Bonchev–Trinajstić information content (AvgIpc) is 3.24. The van der Waals surface area contributed by atoms with Crippen LogP contribution in [0.25, 0.3) is 33.7 Å². The van der Waals surface area contributed by atoms with E-state index in [1.807, 2.05) is 42.5 Å². The predicted octanol–water partition coefficient (Wildman–Crippen LogP) is 5.75. The Kier molecular flexibility index (Phi) is 5.50. The minimum Gasteiger partial charge on any atom is -0.481 e. The first kappa shape index (κ1) is 21.4. The number of ether oxygens (including phenoxy) is 1. The summed E-state index contributed by atoms with van der Waals surface area (Å²) in [6.07, 6.45) is 6.16. The summed E-state index contributed by atoms with van der Waals surface area (Å²) in [6.45, 7) is 1.81. The first-order valence-corrected chi connectivity index (χ1v) is 11.3. The molecule has 0 atom stereocenters. The number of nitrogens with one attached hydrogen (secondary N) is 1. The maximum absolute atomic E-state index is 11.4. The molecule has 168 valence electrons. The monoisotopic (exact) mass is 462 g/mol. The highest BCUT2D eigenvalue weighted by atomic mass is 35.5. The Morgan fingerprint density at radius 1 is 1.09 bits per heavy atom. The van der Waals surface area contributed by atoms with E-state index >= 15 is 0 Å². The van der Waals surface area contributed by atoms with Crippen LogP contribution in [0.2, 0.25) is 5.02 Å². The number of benzene rings is 1. The normalized spacial score (nSPS) is 20.6. The molecular weight excluding hydrogens is 440 g/mol. The summed E-state index contributed by atoms with van der Waals surface area (Å²) in [4.78, 5) is 28.3. The standard InChI is InChI=1S/C25H23ClN4O3/c1-25(24(31)32)10-8-18(9-11-25)33-22-7-3-15(13-28-22)19-5-2-16(14-27-19)23-29-20-6-4-17(26)12-21(20)30-23/h2-7,12-14,18H,8-11H2,1H3,(H,29,30)(H,31,32)/t18-,25-. The van der Waals surface area contributed by atoms with Crippen LogP contribution in [0, 0.1) is 5.41 Å². The van der Waals surface area contributed by atoms with Crippen molar-refractivity contribution in [1.82, 2.24) is 19.9 Å². The molecule has 8 heteroatoms. The van der Waals surface area contributed by atoms with Crippen molar-refractivity contribution in [1.29, 1.82) is 0 Å². The maximum atomic E-state index is 11.4. The van der Waals surface area contributed by atoms with Gasteiger partial charge in [-0.15, -0.1) is 0 Å². The first-order chi connectivity index (χ1) is 15.9. The van der Waals surface area contributed by atoms with Crippen LogP contribution in [-0.2, 0) is 4.79 Å². The van der Waals surface area contributed by atoms with Gasteiger partial charge in [-0.2, -0.15) is 0 Å². The van der Waals surface area contributed by atoms with Gasteiger partial charge in [0.05, 0.1) is 22.1 Å². The second-order valence-electron chi connectivity index (χ2n) is 8.75. The van der Waals surface area contributed by atoms with Gasteiger partial charge >= 0.3 is 5.97 Å². The highest BCUT2D eigenvalue weighted by Crippen LogP contribution is 2.37. The van der Waals surface area contributed by atoms with Crippen molar-refractivity contribution in [3.05, 3.63) is 59.9 Å². The summed E-state index contributed by atoms with van der Waals surface area (Å²) in [5.41, 5.74) is 3.64. The molecular formula is C25H23ClN4O3. The van der Waals surface area contributed by atoms with Crippen molar-refractivity contribution in [3.63, 3.8) is 0 Å². The molecule has 0 spiro atoms. The van der Waals surface area contributed by atoms with Crippen molar-refractivity contribution in [3.8, 4) is 28.5 Å². The number of H-pyrrole nitrogens is 1. The molecule has 0 amide bonds. The summed E-state index contributed by atoms with van der Waals surface area (Å²) < 4.78 is 5.99. The molecule has 3 heterocycles. The third-order valence-electron chi connectivity index (χ3n) is 6.35. The third-order valence-corrected chi connectivity index (χ3v) is 6.59. The van der Waals surface area contributed by atoms with E-state index in [2.05, 4.69) is 19.9 Å². The molecule has 0 aliphatic heterocycles. The Bertz CT molecular complexity index is 1290. The SMILES string of the molecule is C[C@]1(C(=O)O)CC[C@H](Oc2ccc(-c3ccc(-c4nc5ccc(Cl)cc5[nH]4)cn3)cn2)CC1. The second-order valence-corrected chi connectivity index (χ2v) is 9.18. The number of carboxylic acid groups (broad SMARTS) is 1. The summed E-state index contributed by atoms with van der Waals surface area (Å²) in [6, 6.07) is 13.2. The van der Waals surface area contributed by atoms with Crippen LogP contribution in [-0.4, -0.2) is 37.1 Å². The van der Waals surface area contributed by atoms with Crippen LogP contribution in [0.3, 0.4) is 0 Å². The lowest BCUT2D eigenvalue weighted by atomic mass is 9.75. The van der Waals surface area contributed by atoms with Gasteiger partial charge in [0.1, 0.15) is 11.9 Å². The maximum Gasteiger partial charge on any atom is 0.309 e. The number of rotatable bonds is 5. The van der Waals surface area contributed by atoms with E-state index < -0.39 is 11.4 Å². The number of carbonyl (C=O) groups is 1. The zero-order chi connectivity index (χ0) is 23.0. The molecule has 1 fully saturated rings. The summed E-state index contributed by atoms with van der Waals surface area (Å²) in [5, 5.41) is 10.0. The number of aliphatic carboxylic acids is 1. The Morgan fingerprint density at radius 2 is 1.85 bits per heavy atom. The van der Waals surface area contributed by atoms with E-state index in [1.165, 1.54) is 0 Å². The molecule has 3 aromatic heterocycles. The fourth-order valence-corrected chi connectivity index (χ4v) is 4.33. The van der Waals surface area contributed by atoms with E-state index in [4.69, 9.17) is 16.3 Å². The number of carboxylic acids is 1. The largest absolute Gasteiger partial charge is 0.481 e. The van der Waals surface area contributed by atoms with E-state index in [0.29, 0.717) is 36.6 Å². The smallest absolute Gasteiger partial charge is 0.309 e. The Morgan fingerprint density at radius 3 is 2.52 bits per heavy atom. The zero-order valence-corrected chi connectivity index (χ0v) is 18.8. The number of fused-ring (bicyclic) bond motifs is 1. The van der Waals surface area contributed by atoms with Gasteiger partial charge in [0.25, 0.3) is 0 Å². The lowest BCUT2D eigenvalue weighted by Crippen LogP contribution is -2.36. The Labute approximate surface area is 195 Å². The van der Waals surface area contributed by atoms with Gasteiger partial charge in [-0.1, -0.05) is 11.6 Å². The van der Waals surface area contributed by atoms with Crippen LogP contribution >= 0.6 is 11.6 Å². The molecule has 0 saturated heterocycles. The van der Waals surface area contributed by atoms with Gasteiger partial charge in [0.2, 0.25) is 5.88 Å². The second kappa shape index (κ2) is 8.48. The molecule has 4 aromatic rings. The zero-order valence-electron chi connectivity index (χ0n) is 18.1. The molecule has 7 nitrogen and oxygen atoms in total. The number of halogens is 1. The van der Waals surface area contributed by atoms with E-state index in [0.717, 1.165) is 33.7 Å². The van der Waals surface area contributed by atoms with Crippen molar-refractivity contribution in [2.45, 2.75) is 38.7 Å². The quantitative estimate of drug-likeness (QED) is 0.391. The van der Waals surface area contributed by atoms with Crippen molar-refractivity contribution >= 4 is 28.6 Å². The van der Waals surface area contributed by atoms with Crippen LogP contribution in [0.4, 0.5) is 0 Å². The predicted molar refractivity (Wildman–Crippen MR) is 126 cm³/mol. The molecule has 0 radical (unpaired) electrons. The fourth-order valence-electron chi connectivity index (χ4n) is 4.16. The molecule has 2 N–H and O–H groups in total. The number of aromatic amines is 1. The summed E-state index contributed by atoms with van der Waals surface area (Å²) in [5.74, 6) is 0.548. The fraction of sp³-hybridized carbons (Fsp3) is 0.280. The number of imidazole rings is 1. The number of hydrogen-bond donors (Lipinski definition) is 2. The average molecular weight is 463 g/mol. The molecule has 0 unspecified atom stereocenters. The Hall–Kier alpha value is -3.45. The van der Waals surface area contributed by atoms with Crippen LogP contribution in [0.5, 0.6) is 5.88 Å². The highest BCUT2D eigenvalue weighted by Gasteiger charge is 2.38. The van der Waals surface area contributed by atoms with Crippen LogP contribution in [0.1, 0.15) is 32.6 Å². The van der Waals surface area contributed by atoms with Gasteiger partial charge in [-0.05, 0) is 69.0 Å². The van der Waals surface area contributed by atoms with Crippen molar-refractivity contribution < 1.29 is 14.6 Å². The van der Waals surface area contributed by atoms with Crippen LogP contribution < -0.4 is 4.74 Å². The van der Waals surface area contributed by atoms with Gasteiger partial charge in [-0.3, -0.25) is 9.78 Å². The third kappa shape index (κ3) is 4.41. The lowest BCUT2D eigenvalue weighted by molar-refractivity contribution is -0.150. The Balaban J connectivity index is 1.25. The van der Waals surface area contributed by atoms with Crippen molar-refractivity contribution in [2.24, 2.45) is 5.41 Å². The molecule has 1 saturated carbocycles. The number of aromatic nitrogens is 4. The van der Waals surface area contributed by atoms with Gasteiger partial charge < -0.3 is 14.8 Å². The molecule has 5 rings (SSSR count). The minimum atomic E-state index is -0.730. The molecule has 1 aliphatic carbocycles. The van der Waals surface area contributed by atoms with E-state index in [9.17, 15) is 9.90 Å². The number of hydrogen-bond acceptors (Lipinski definition) is 5. The minimum absolute atomic E-state index is 0.00752.